The van der Waals surface area contributed by atoms with Gasteiger partial charge in [0.25, 0.3) is 0 Å². The van der Waals surface area contributed by atoms with Gasteiger partial charge in [-0.15, -0.1) is 0 Å². The first kappa shape index (κ1) is 10.1. The first-order valence-electron chi connectivity index (χ1n) is 5.20. The highest BCUT2D eigenvalue weighted by Crippen LogP contribution is 2.24. The fourth-order valence-electron chi connectivity index (χ4n) is 2.01. The summed E-state index contributed by atoms with van der Waals surface area (Å²) >= 11 is 0. The van der Waals surface area contributed by atoms with Crippen molar-refractivity contribution in [2.45, 2.75) is 18.9 Å². The highest BCUT2D eigenvalue weighted by atomic mass is 19.1. The lowest BCUT2D eigenvalue weighted by Gasteiger charge is -2.21. The Labute approximate surface area is 88.9 Å². The van der Waals surface area contributed by atoms with Crippen LogP contribution in [0.1, 0.15) is 24.4 Å². The van der Waals surface area contributed by atoms with E-state index in [1.54, 1.807) is 12.1 Å². The second-order valence-corrected chi connectivity index (χ2v) is 3.83. The maximum Gasteiger partial charge on any atom is 0.123 e. The Morgan fingerprint density at radius 2 is 1.80 bits per heavy atom. The third kappa shape index (κ3) is 2.16. The number of benzene rings is 1. The summed E-state index contributed by atoms with van der Waals surface area (Å²) in [5.41, 5.74) is 0.890. The highest BCUT2D eigenvalue weighted by molar-refractivity contribution is 5.24. The summed E-state index contributed by atoms with van der Waals surface area (Å²) in [5.74, 6) is -0.253. The van der Waals surface area contributed by atoms with Crippen molar-refractivity contribution in [2.24, 2.45) is 0 Å². The van der Waals surface area contributed by atoms with Gasteiger partial charge in [0, 0.05) is 0 Å². The molecule has 0 amide bonds. The van der Waals surface area contributed by atoms with E-state index in [0.717, 1.165) is 31.5 Å². The van der Waals surface area contributed by atoms with Gasteiger partial charge in [-0.05, 0) is 43.6 Å². The van der Waals surface area contributed by atoms with E-state index < -0.39 is 0 Å². The predicted molar refractivity (Wildman–Crippen MR) is 55.6 cm³/mol. The molecular formula is C12H13FN2. The molecule has 1 fully saturated rings. The lowest BCUT2D eigenvalue weighted by molar-refractivity contribution is 0.294. The van der Waals surface area contributed by atoms with E-state index in [-0.39, 0.29) is 11.9 Å². The zero-order chi connectivity index (χ0) is 10.7. The zero-order valence-electron chi connectivity index (χ0n) is 8.49. The summed E-state index contributed by atoms with van der Waals surface area (Å²) in [6.07, 6.45) is 2.30. The monoisotopic (exact) mass is 204 g/mol. The largest absolute Gasteiger partial charge is 0.284 e. The topological polar surface area (TPSA) is 27.0 Å². The zero-order valence-corrected chi connectivity index (χ0v) is 8.49. The maximum atomic E-state index is 12.7. The van der Waals surface area contributed by atoms with Crippen LogP contribution in [0.5, 0.6) is 0 Å². The molecular weight excluding hydrogens is 191 g/mol. The summed E-state index contributed by atoms with van der Waals surface area (Å²) in [6.45, 7) is 1.94. The van der Waals surface area contributed by atoms with Gasteiger partial charge in [0.1, 0.15) is 11.9 Å². The molecule has 3 heteroatoms. The van der Waals surface area contributed by atoms with E-state index in [1.807, 2.05) is 0 Å². The molecule has 1 aromatic carbocycles. The summed E-state index contributed by atoms with van der Waals surface area (Å²) in [4.78, 5) is 2.15. The molecule has 1 aromatic rings. The van der Waals surface area contributed by atoms with Crippen LogP contribution in [0, 0.1) is 17.1 Å². The fourth-order valence-corrected chi connectivity index (χ4v) is 2.01. The molecule has 1 saturated heterocycles. The first-order chi connectivity index (χ1) is 7.31. The molecule has 78 valence electrons. The number of rotatable bonds is 2. The molecule has 0 aliphatic carbocycles. The number of halogens is 1. The van der Waals surface area contributed by atoms with Crippen LogP contribution in [0.25, 0.3) is 0 Å². The van der Waals surface area contributed by atoms with Crippen molar-refractivity contribution in [1.29, 1.82) is 5.26 Å². The molecule has 0 bridgehead atoms. The molecule has 2 rings (SSSR count). The van der Waals surface area contributed by atoms with Gasteiger partial charge in [-0.25, -0.2) is 4.39 Å². The molecule has 15 heavy (non-hydrogen) atoms. The Hall–Kier alpha value is -1.40. The minimum Gasteiger partial charge on any atom is -0.284 e. The number of hydrogen-bond donors (Lipinski definition) is 0. The van der Waals surface area contributed by atoms with Crippen molar-refractivity contribution in [3.8, 4) is 6.07 Å². The maximum absolute atomic E-state index is 12.7. The van der Waals surface area contributed by atoms with Crippen LogP contribution in [0.2, 0.25) is 0 Å². The molecule has 0 N–H and O–H groups in total. The van der Waals surface area contributed by atoms with Crippen molar-refractivity contribution in [1.82, 2.24) is 4.90 Å². The van der Waals surface area contributed by atoms with Gasteiger partial charge in [-0.1, -0.05) is 12.1 Å². The van der Waals surface area contributed by atoms with Crippen LogP contribution in [-0.2, 0) is 0 Å². The Balaban J connectivity index is 2.19. The average Bonchev–Trinajstić information content (AvgIpc) is 2.75. The van der Waals surface area contributed by atoms with Crippen LogP contribution >= 0.6 is 0 Å². The third-order valence-electron chi connectivity index (χ3n) is 2.81. The Morgan fingerprint density at radius 1 is 1.20 bits per heavy atom. The Morgan fingerprint density at radius 3 is 2.33 bits per heavy atom. The van der Waals surface area contributed by atoms with E-state index in [1.165, 1.54) is 12.1 Å². The van der Waals surface area contributed by atoms with Crippen LogP contribution in [0.4, 0.5) is 4.39 Å². The minimum atomic E-state index is -0.253. The molecule has 2 nitrogen and oxygen atoms in total. The molecule has 0 saturated carbocycles. The van der Waals surface area contributed by atoms with Crippen LogP contribution in [-0.4, -0.2) is 18.0 Å². The predicted octanol–water partition coefficient (Wildman–Crippen LogP) is 2.49. The number of likely N-dealkylation sites (tertiary alicyclic amines) is 1. The van der Waals surface area contributed by atoms with Gasteiger partial charge in [-0.3, -0.25) is 4.90 Å². The molecule has 1 atom stereocenters. The molecule has 0 spiro atoms. The smallest absolute Gasteiger partial charge is 0.123 e. The summed E-state index contributed by atoms with van der Waals surface area (Å²) < 4.78 is 12.7. The van der Waals surface area contributed by atoms with Gasteiger partial charge >= 0.3 is 0 Å². The number of hydrogen-bond acceptors (Lipinski definition) is 2. The van der Waals surface area contributed by atoms with Crippen molar-refractivity contribution in [3.05, 3.63) is 35.6 Å². The van der Waals surface area contributed by atoms with Gasteiger partial charge in [0.2, 0.25) is 0 Å². The fraction of sp³-hybridized carbons (Fsp3) is 0.417. The molecule has 1 aliphatic rings. The summed E-state index contributed by atoms with van der Waals surface area (Å²) in [6, 6.07) is 8.29. The number of nitrogens with zero attached hydrogens (tertiary/aromatic N) is 2. The van der Waals surface area contributed by atoms with Gasteiger partial charge in [0.05, 0.1) is 6.07 Å². The van der Waals surface area contributed by atoms with E-state index in [2.05, 4.69) is 11.0 Å². The standard InChI is InChI=1S/C12H13FN2/c13-11-5-3-10(4-6-11)12(9-14)15-7-1-2-8-15/h3-6,12H,1-2,7-8H2/t12-/m0/s1. The van der Waals surface area contributed by atoms with Gasteiger partial charge < -0.3 is 0 Å². The number of nitriles is 1. The van der Waals surface area contributed by atoms with Gasteiger partial charge in [0.15, 0.2) is 0 Å². The van der Waals surface area contributed by atoms with Crippen molar-refractivity contribution < 1.29 is 4.39 Å². The van der Waals surface area contributed by atoms with E-state index in [9.17, 15) is 4.39 Å². The van der Waals surface area contributed by atoms with E-state index >= 15 is 0 Å². The Bertz CT molecular complexity index is 360. The summed E-state index contributed by atoms with van der Waals surface area (Å²) in [5, 5.41) is 9.12. The minimum absolute atomic E-state index is 0.215. The first-order valence-corrected chi connectivity index (χ1v) is 5.20. The van der Waals surface area contributed by atoms with Gasteiger partial charge in [-0.2, -0.15) is 5.26 Å². The lowest BCUT2D eigenvalue weighted by atomic mass is 10.1. The van der Waals surface area contributed by atoms with Crippen molar-refractivity contribution in [2.75, 3.05) is 13.1 Å². The molecule has 0 unspecified atom stereocenters. The second kappa shape index (κ2) is 4.41. The van der Waals surface area contributed by atoms with Crippen LogP contribution in [0.3, 0.4) is 0 Å². The Kier molecular flexibility index (Phi) is 2.98. The summed E-state index contributed by atoms with van der Waals surface area (Å²) in [7, 11) is 0. The second-order valence-electron chi connectivity index (χ2n) is 3.83. The van der Waals surface area contributed by atoms with Crippen LogP contribution in [0.15, 0.2) is 24.3 Å². The molecule has 0 radical (unpaired) electrons. The van der Waals surface area contributed by atoms with Crippen molar-refractivity contribution in [3.63, 3.8) is 0 Å². The molecule has 1 heterocycles. The highest BCUT2D eigenvalue weighted by Gasteiger charge is 2.22. The molecule has 0 aromatic heterocycles. The van der Waals surface area contributed by atoms with E-state index in [0.29, 0.717) is 0 Å². The normalized spacial score (nSPS) is 18.7. The third-order valence-corrected chi connectivity index (χ3v) is 2.81. The lowest BCUT2D eigenvalue weighted by Crippen LogP contribution is -2.24. The SMILES string of the molecule is N#C[C@@H](c1ccc(F)cc1)N1CCCC1. The molecule has 1 aliphatic heterocycles. The van der Waals surface area contributed by atoms with Crippen LogP contribution < -0.4 is 0 Å². The van der Waals surface area contributed by atoms with E-state index in [4.69, 9.17) is 5.26 Å². The average molecular weight is 204 g/mol. The quantitative estimate of drug-likeness (QED) is 0.740. The van der Waals surface area contributed by atoms with Crippen molar-refractivity contribution >= 4 is 0 Å².